The summed E-state index contributed by atoms with van der Waals surface area (Å²) in [5.74, 6) is 0.293. The van der Waals surface area contributed by atoms with Crippen LogP contribution in [-0.4, -0.2) is 50.9 Å². The average molecular weight is 345 g/mol. The highest BCUT2D eigenvalue weighted by Crippen LogP contribution is 2.25. The number of nitrogens with zero attached hydrogens (tertiary/aromatic N) is 4. The molecule has 2 heterocycles. The van der Waals surface area contributed by atoms with E-state index in [1.165, 1.54) is 12.1 Å². The Morgan fingerprint density at radius 1 is 1.36 bits per heavy atom. The highest BCUT2D eigenvalue weighted by atomic mass is 19.1. The Kier molecular flexibility index (Phi) is 5.15. The maximum Gasteiger partial charge on any atom is 0.239 e. The Morgan fingerprint density at radius 2 is 2.08 bits per heavy atom. The molecule has 1 aliphatic rings. The van der Waals surface area contributed by atoms with Crippen molar-refractivity contribution >= 4 is 5.91 Å². The number of aryl methyl sites for hydroxylation is 1. The van der Waals surface area contributed by atoms with Crippen LogP contribution in [0.2, 0.25) is 0 Å². The molecular weight excluding hydrogens is 321 g/mol. The van der Waals surface area contributed by atoms with Crippen molar-refractivity contribution < 1.29 is 9.18 Å². The number of piperazine rings is 1. The summed E-state index contributed by atoms with van der Waals surface area (Å²) < 4.78 is 15.2. The van der Waals surface area contributed by atoms with Gasteiger partial charge in [0.1, 0.15) is 17.7 Å². The summed E-state index contributed by atoms with van der Waals surface area (Å²) in [6, 6.07) is 5.73. The number of nitrogens with two attached hydrogens (primary N) is 1. The molecule has 1 amide bonds. The van der Waals surface area contributed by atoms with Gasteiger partial charge in [-0.05, 0) is 24.6 Å². The van der Waals surface area contributed by atoms with Gasteiger partial charge in [0.2, 0.25) is 5.91 Å². The molecule has 3 rings (SSSR count). The lowest BCUT2D eigenvalue weighted by Crippen LogP contribution is -2.54. The maximum atomic E-state index is 13.2. The van der Waals surface area contributed by atoms with Crippen LogP contribution >= 0.6 is 0 Å². The molecule has 0 aliphatic carbocycles. The molecule has 1 aliphatic heterocycles. The first-order valence-corrected chi connectivity index (χ1v) is 8.45. The fourth-order valence-electron chi connectivity index (χ4n) is 3.42. The molecule has 7 heteroatoms. The Balaban J connectivity index is 1.70. The molecule has 2 aromatic rings. The van der Waals surface area contributed by atoms with Gasteiger partial charge in [0, 0.05) is 45.1 Å². The van der Waals surface area contributed by atoms with Gasteiger partial charge in [0.25, 0.3) is 0 Å². The first-order chi connectivity index (χ1) is 12.0. The third kappa shape index (κ3) is 3.88. The van der Waals surface area contributed by atoms with Gasteiger partial charge >= 0.3 is 0 Å². The van der Waals surface area contributed by atoms with Crippen molar-refractivity contribution in [2.45, 2.75) is 25.6 Å². The fourth-order valence-corrected chi connectivity index (χ4v) is 3.42. The number of imidazole rings is 1. The van der Waals surface area contributed by atoms with Crippen LogP contribution in [-0.2, 0) is 18.4 Å². The number of aromatic nitrogens is 2. The minimum absolute atomic E-state index is 0.257. The number of rotatable bonds is 5. The van der Waals surface area contributed by atoms with Crippen molar-refractivity contribution in [3.63, 3.8) is 0 Å². The molecule has 0 radical (unpaired) electrons. The zero-order valence-electron chi connectivity index (χ0n) is 14.6. The van der Waals surface area contributed by atoms with Crippen molar-refractivity contribution in [2.24, 2.45) is 12.8 Å². The summed E-state index contributed by atoms with van der Waals surface area (Å²) in [5, 5.41) is 0. The molecule has 25 heavy (non-hydrogen) atoms. The molecule has 134 valence electrons. The normalized spacial score (nSPS) is 20.5. The van der Waals surface area contributed by atoms with Crippen molar-refractivity contribution in [3.8, 4) is 0 Å². The zero-order chi connectivity index (χ0) is 18.0. The second-order valence-corrected chi connectivity index (χ2v) is 6.63. The van der Waals surface area contributed by atoms with Crippen molar-refractivity contribution in [1.29, 1.82) is 0 Å². The van der Waals surface area contributed by atoms with E-state index in [9.17, 15) is 9.18 Å². The first kappa shape index (κ1) is 17.6. The highest BCUT2D eigenvalue weighted by molar-refractivity contribution is 5.81. The van der Waals surface area contributed by atoms with Crippen molar-refractivity contribution in [1.82, 2.24) is 19.4 Å². The van der Waals surface area contributed by atoms with Gasteiger partial charge < -0.3 is 10.3 Å². The number of amides is 1. The van der Waals surface area contributed by atoms with Gasteiger partial charge in [0.15, 0.2) is 0 Å². The minimum atomic E-state index is -0.529. The third-order valence-electron chi connectivity index (χ3n) is 4.88. The number of carbonyl (C=O) groups excluding carboxylic acids is 1. The summed E-state index contributed by atoms with van der Waals surface area (Å²) >= 11 is 0. The summed E-state index contributed by atoms with van der Waals surface area (Å²) in [7, 11) is 1.99. The Labute approximate surface area is 147 Å². The monoisotopic (exact) mass is 345 g/mol. The van der Waals surface area contributed by atoms with E-state index in [1.807, 2.05) is 17.8 Å². The molecule has 6 nitrogen and oxygen atoms in total. The standard InChI is InChI=1S/C18H24FN5O/c1-13-11-24(10-9-23(13)12-16-21-7-8-22(16)2)17(18(20)25)14-3-5-15(19)6-4-14/h3-8,13,17H,9-12H2,1-2H3,(H2,20,25)/t13-,17+/m1/s1. The lowest BCUT2D eigenvalue weighted by Gasteiger charge is -2.42. The Morgan fingerprint density at radius 3 is 2.64 bits per heavy atom. The molecule has 2 atom stereocenters. The number of hydrogen-bond acceptors (Lipinski definition) is 4. The average Bonchev–Trinajstić information content (AvgIpc) is 2.97. The molecule has 1 saturated heterocycles. The lowest BCUT2D eigenvalue weighted by molar-refractivity contribution is -0.124. The minimum Gasteiger partial charge on any atom is -0.368 e. The van der Waals surface area contributed by atoms with Gasteiger partial charge in [-0.15, -0.1) is 0 Å². The SMILES string of the molecule is C[C@@H]1CN([C@H](C(N)=O)c2ccc(F)cc2)CCN1Cc1nccn1C. The summed E-state index contributed by atoms with van der Waals surface area (Å²) in [6.45, 7) is 5.17. The van der Waals surface area contributed by atoms with E-state index in [4.69, 9.17) is 5.73 Å². The molecule has 0 spiro atoms. The van der Waals surface area contributed by atoms with E-state index in [2.05, 4.69) is 21.7 Å². The van der Waals surface area contributed by atoms with Crippen LogP contribution in [0.5, 0.6) is 0 Å². The lowest BCUT2D eigenvalue weighted by atomic mass is 10.0. The molecule has 0 bridgehead atoms. The number of halogens is 1. The van der Waals surface area contributed by atoms with Crippen LogP contribution in [0.25, 0.3) is 0 Å². The van der Waals surface area contributed by atoms with Crippen molar-refractivity contribution in [3.05, 3.63) is 53.9 Å². The van der Waals surface area contributed by atoms with E-state index in [-0.39, 0.29) is 11.9 Å². The third-order valence-corrected chi connectivity index (χ3v) is 4.88. The molecular formula is C18H24FN5O. The van der Waals surface area contributed by atoms with Crippen LogP contribution in [0, 0.1) is 5.82 Å². The van der Waals surface area contributed by atoms with Gasteiger partial charge in [0.05, 0.1) is 6.54 Å². The predicted octanol–water partition coefficient (Wildman–Crippen LogP) is 1.29. The van der Waals surface area contributed by atoms with Crippen LogP contribution in [0.3, 0.4) is 0 Å². The molecule has 2 N–H and O–H groups in total. The molecule has 0 saturated carbocycles. The van der Waals surface area contributed by atoms with Crippen LogP contribution in [0.1, 0.15) is 24.4 Å². The molecule has 1 aromatic heterocycles. The Bertz CT molecular complexity index is 729. The zero-order valence-corrected chi connectivity index (χ0v) is 14.6. The van der Waals surface area contributed by atoms with Crippen molar-refractivity contribution in [2.75, 3.05) is 19.6 Å². The quantitative estimate of drug-likeness (QED) is 0.887. The number of primary amides is 1. The van der Waals surface area contributed by atoms with E-state index >= 15 is 0 Å². The topological polar surface area (TPSA) is 67.4 Å². The molecule has 1 aromatic carbocycles. The summed E-state index contributed by atoms with van der Waals surface area (Å²) in [6.07, 6.45) is 3.74. The first-order valence-electron chi connectivity index (χ1n) is 8.45. The number of carbonyl (C=O) groups is 1. The highest BCUT2D eigenvalue weighted by Gasteiger charge is 2.32. The smallest absolute Gasteiger partial charge is 0.239 e. The van der Waals surface area contributed by atoms with E-state index in [0.29, 0.717) is 0 Å². The fraction of sp³-hybridized carbons (Fsp3) is 0.444. The van der Waals surface area contributed by atoms with Gasteiger partial charge in [-0.3, -0.25) is 14.6 Å². The molecule has 1 fully saturated rings. The van der Waals surface area contributed by atoms with Crippen LogP contribution in [0.4, 0.5) is 4.39 Å². The summed E-state index contributed by atoms with van der Waals surface area (Å²) in [5.41, 5.74) is 6.38. The largest absolute Gasteiger partial charge is 0.368 e. The predicted molar refractivity (Wildman–Crippen MR) is 93.0 cm³/mol. The van der Waals surface area contributed by atoms with Gasteiger partial charge in [-0.25, -0.2) is 9.37 Å². The van der Waals surface area contributed by atoms with Gasteiger partial charge in [-0.2, -0.15) is 0 Å². The van der Waals surface area contributed by atoms with Crippen LogP contribution in [0.15, 0.2) is 36.7 Å². The second-order valence-electron chi connectivity index (χ2n) is 6.63. The second kappa shape index (κ2) is 7.33. The van der Waals surface area contributed by atoms with E-state index in [1.54, 1.807) is 18.3 Å². The molecule has 0 unspecified atom stereocenters. The van der Waals surface area contributed by atoms with E-state index < -0.39 is 11.9 Å². The number of benzene rings is 1. The van der Waals surface area contributed by atoms with E-state index in [0.717, 1.165) is 37.6 Å². The Hall–Kier alpha value is -2.25. The van der Waals surface area contributed by atoms with Crippen LogP contribution < -0.4 is 5.73 Å². The summed E-state index contributed by atoms with van der Waals surface area (Å²) in [4.78, 5) is 20.8. The van der Waals surface area contributed by atoms with Gasteiger partial charge in [-0.1, -0.05) is 12.1 Å². The maximum absolute atomic E-state index is 13.2. The number of hydrogen-bond donors (Lipinski definition) is 1.